The first kappa shape index (κ1) is 55.0. The smallest absolute Gasteiger partial charge is 0.176 e. The lowest BCUT2D eigenvalue weighted by Gasteiger charge is -2.53. The first-order valence-electron chi connectivity index (χ1n) is 27.5. The molecule has 0 amide bonds. The Labute approximate surface area is 431 Å². The molecule has 19 nitrogen and oxygen atoms in total. The summed E-state index contributed by atoms with van der Waals surface area (Å²) in [6.07, 6.45) is -3.07. The van der Waals surface area contributed by atoms with Gasteiger partial charge in [-0.05, 0) is 86.0 Å². The molecule has 10 rings (SSSR count). The van der Waals surface area contributed by atoms with Gasteiger partial charge in [0.1, 0.15) is 36.3 Å². The zero-order valence-electron chi connectivity index (χ0n) is 44.9. The molecule has 19 heteroatoms. The van der Waals surface area contributed by atoms with E-state index in [2.05, 4.69) is 26.8 Å². The van der Waals surface area contributed by atoms with Crippen LogP contribution in [-0.4, -0.2) is 190 Å². The van der Waals surface area contributed by atoms with E-state index < -0.39 is 134 Å². The molecule has 28 atom stereocenters. The highest BCUT2D eigenvalue weighted by molar-refractivity contribution is 5.88. The number of aliphatic hydroxyl groups is 3. The second-order valence-corrected chi connectivity index (χ2v) is 23.6. The van der Waals surface area contributed by atoms with Crippen LogP contribution in [0, 0.1) is 22.7 Å². The molecule has 2 saturated carbocycles. The Morgan fingerprint density at radius 1 is 0.562 bits per heavy atom. The van der Waals surface area contributed by atoms with Crippen LogP contribution >= 0.6 is 0 Å². The maximum atomic E-state index is 13.4. The second kappa shape index (κ2) is 21.7. The summed E-state index contributed by atoms with van der Waals surface area (Å²) < 4.78 is 95.0. The SMILES string of the molecule is CO[C@H]1C[C@H](O[C@H]2[C@@H](O)C[C@H](O[C@H]3CC[C@@]4(C)C(=CC[C@@]56O[C@@H](C)[C@@H]7CCC(=O)[C@]7(C)[C@@H](C[C@@H]54)O6)C3)O[C@@H]2C)O[C@H](C)[C@H]1O[C@H]1C[C@@H](OC)[C@H](O[C@H]2C[C@H](O)[C@H](O[C@H]3C[C@@H](OC)[C@H](O)[C@@H](C)O3)[C@@H](C)O2)[C@@H](C)O1. The molecule has 2 bridgehead atoms. The molecule has 10 aliphatic rings. The van der Waals surface area contributed by atoms with Gasteiger partial charge in [-0.1, -0.05) is 18.6 Å². The van der Waals surface area contributed by atoms with Gasteiger partial charge >= 0.3 is 0 Å². The number of methoxy groups -OCH3 is 3. The number of ketones is 1. The van der Waals surface area contributed by atoms with Gasteiger partial charge in [0.05, 0.1) is 84.8 Å². The van der Waals surface area contributed by atoms with E-state index in [-0.39, 0.29) is 48.4 Å². The predicted octanol–water partition coefficient (Wildman–Crippen LogP) is 4.74. The van der Waals surface area contributed by atoms with E-state index in [1.54, 1.807) is 28.3 Å². The lowest BCUT2D eigenvalue weighted by molar-refractivity contribution is -0.351. The van der Waals surface area contributed by atoms with Crippen molar-refractivity contribution < 1.29 is 91.2 Å². The number of hydrogen-bond donors (Lipinski definition) is 3. The molecule has 9 fully saturated rings. The summed E-state index contributed by atoms with van der Waals surface area (Å²) in [6.45, 7) is 15.9. The van der Waals surface area contributed by atoms with Gasteiger partial charge in [-0.15, -0.1) is 0 Å². The van der Waals surface area contributed by atoms with Gasteiger partial charge in [-0.25, -0.2) is 0 Å². The molecule has 0 aromatic heterocycles. The topological polar surface area (TPSA) is 216 Å². The number of Topliss-reactive ketones (excluding diaryl/α,β-unsaturated/α-hetero) is 1. The third-order valence-electron chi connectivity index (χ3n) is 19.2. The maximum Gasteiger partial charge on any atom is 0.176 e. The summed E-state index contributed by atoms with van der Waals surface area (Å²) in [5.74, 6) is -0.0320. The average Bonchev–Trinajstić information content (AvgIpc) is 3.86. The molecule has 7 saturated heterocycles. The minimum absolute atomic E-state index is 0.0420. The van der Waals surface area contributed by atoms with Crippen molar-refractivity contribution in [1.82, 2.24) is 0 Å². The quantitative estimate of drug-likeness (QED) is 0.212. The fourth-order valence-corrected chi connectivity index (χ4v) is 15.0. The minimum atomic E-state index is -0.909. The Bertz CT molecular complexity index is 1920. The predicted molar refractivity (Wildman–Crippen MR) is 256 cm³/mol. The van der Waals surface area contributed by atoms with Gasteiger partial charge in [0.2, 0.25) is 0 Å². The molecule has 3 aliphatic carbocycles. The van der Waals surface area contributed by atoms with Crippen LogP contribution in [0.15, 0.2) is 11.6 Å². The first-order valence-corrected chi connectivity index (χ1v) is 27.5. The van der Waals surface area contributed by atoms with Crippen molar-refractivity contribution in [1.29, 1.82) is 0 Å². The van der Waals surface area contributed by atoms with Gasteiger partial charge in [-0.2, -0.15) is 0 Å². The lowest BCUT2D eigenvalue weighted by atomic mass is 9.56. The van der Waals surface area contributed by atoms with Crippen molar-refractivity contribution >= 4 is 5.78 Å². The second-order valence-electron chi connectivity index (χ2n) is 23.6. The van der Waals surface area contributed by atoms with Crippen LogP contribution in [0.3, 0.4) is 0 Å². The molecule has 73 heavy (non-hydrogen) atoms. The van der Waals surface area contributed by atoms with Crippen LogP contribution < -0.4 is 0 Å². The molecular weight excluding hydrogens is 953 g/mol. The highest BCUT2D eigenvalue weighted by Crippen LogP contribution is 2.66. The fourth-order valence-electron chi connectivity index (χ4n) is 15.0. The van der Waals surface area contributed by atoms with Gasteiger partial charge in [-0.3, -0.25) is 4.79 Å². The van der Waals surface area contributed by atoms with Crippen LogP contribution in [0.25, 0.3) is 0 Å². The molecule has 1 spiro atoms. The summed E-state index contributed by atoms with van der Waals surface area (Å²) in [7, 11) is 4.79. The largest absolute Gasteiger partial charge is 0.390 e. The van der Waals surface area contributed by atoms with Crippen molar-refractivity contribution in [3.63, 3.8) is 0 Å². The van der Waals surface area contributed by atoms with E-state index in [4.69, 9.17) is 71.1 Å². The van der Waals surface area contributed by atoms with Crippen molar-refractivity contribution in [2.24, 2.45) is 22.7 Å². The molecule has 7 heterocycles. The van der Waals surface area contributed by atoms with Crippen LogP contribution in [-0.2, 0) is 75.8 Å². The summed E-state index contributed by atoms with van der Waals surface area (Å²) in [5, 5.41) is 33.2. The third-order valence-corrected chi connectivity index (χ3v) is 19.2. The molecule has 7 aliphatic heterocycles. The van der Waals surface area contributed by atoms with Gasteiger partial charge < -0.3 is 86.4 Å². The number of hydrogen-bond acceptors (Lipinski definition) is 19. The summed E-state index contributed by atoms with van der Waals surface area (Å²) in [6, 6.07) is 0. The number of fused-ring (bicyclic) bond motifs is 5. The molecular formula is C54H86O19. The van der Waals surface area contributed by atoms with Gasteiger partial charge in [0.25, 0.3) is 0 Å². The Morgan fingerprint density at radius 3 is 1.58 bits per heavy atom. The fraction of sp³-hybridized carbons (Fsp3) is 0.944. The Hall–Kier alpha value is -1.31. The first-order chi connectivity index (χ1) is 34.8. The zero-order valence-corrected chi connectivity index (χ0v) is 44.9. The molecule has 0 aromatic carbocycles. The number of carbonyl (C=O) groups excluding carboxylic acids is 1. The standard InChI is InChI=1S/C54H86O19/c1-25-33-12-13-40(57)53(33,8)41-24-39-52(7)16-15-32(18-31(52)14-17-54(39,72-25)73-41)67-42-19-34(55)48(27(3)63-42)69-45-22-37(60-10)51(30(6)65-45)71-46-23-38(61-11)50(29(5)66-46)70-43-20-35(56)49(28(4)64-43)68-44-21-36(59-9)47(58)26(2)62-44/h14,25-30,32-39,41-51,55-56,58H,12-13,15-24H2,1-11H3/t25-,26+,27+,28+,29+,30+,32-,33-,34-,35-,36+,37-,38+,39+,41+,42-,43-,44-,45-,46-,47+,48+,49+,50+,51+,52-,53+,54-/m0/s1. The van der Waals surface area contributed by atoms with Crippen LogP contribution in [0.1, 0.15) is 132 Å². The summed E-state index contributed by atoms with van der Waals surface area (Å²) in [4.78, 5) is 13.4. The maximum absolute atomic E-state index is 13.4. The van der Waals surface area contributed by atoms with Crippen molar-refractivity contribution in [3.8, 4) is 0 Å². The number of aliphatic hydroxyl groups excluding tert-OH is 3. The molecule has 0 aromatic rings. The Balaban J connectivity index is 0.682. The lowest BCUT2D eigenvalue weighted by Crippen LogP contribution is -2.58. The van der Waals surface area contributed by atoms with E-state index in [0.717, 1.165) is 32.1 Å². The summed E-state index contributed by atoms with van der Waals surface area (Å²) in [5.41, 5.74) is 0.731. The van der Waals surface area contributed by atoms with Crippen LogP contribution in [0.4, 0.5) is 0 Å². The molecule has 0 radical (unpaired) electrons. The zero-order chi connectivity index (χ0) is 51.9. The average molecular weight is 1040 g/mol. The van der Waals surface area contributed by atoms with Gasteiger partial charge in [0.15, 0.2) is 37.2 Å². The van der Waals surface area contributed by atoms with E-state index in [1.165, 1.54) is 5.57 Å². The number of ether oxygens (including phenoxy) is 15. The van der Waals surface area contributed by atoms with E-state index in [0.29, 0.717) is 37.9 Å². The number of carbonyl (C=O) groups is 1. The van der Waals surface area contributed by atoms with E-state index >= 15 is 0 Å². The van der Waals surface area contributed by atoms with Crippen LogP contribution in [0.5, 0.6) is 0 Å². The van der Waals surface area contributed by atoms with Crippen molar-refractivity contribution in [2.75, 3.05) is 21.3 Å². The number of rotatable bonds is 13. The molecule has 0 unspecified atom stereocenters. The molecule has 416 valence electrons. The van der Waals surface area contributed by atoms with Crippen LogP contribution in [0.2, 0.25) is 0 Å². The Morgan fingerprint density at radius 2 is 1.04 bits per heavy atom. The normalized spacial score (nSPS) is 54.2. The minimum Gasteiger partial charge on any atom is -0.390 e. The Kier molecular flexibility index (Phi) is 16.4. The van der Waals surface area contributed by atoms with Crippen molar-refractivity contribution in [2.45, 2.75) is 280 Å². The van der Waals surface area contributed by atoms with E-state index in [1.807, 2.05) is 27.7 Å². The summed E-state index contributed by atoms with van der Waals surface area (Å²) >= 11 is 0. The highest BCUT2D eigenvalue weighted by atomic mass is 16.8. The molecule has 3 N–H and O–H groups in total. The third kappa shape index (κ3) is 10.3. The van der Waals surface area contributed by atoms with Gasteiger partial charge in [0, 0.05) is 78.1 Å². The monoisotopic (exact) mass is 1040 g/mol. The van der Waals surface area contributed by atoms with Crippen molar-refractivity contribution in [3.05, 3.63) is 11.6 Å². The highest BCUT2D eigenvalue weighted by Gasteiger charge is 2.69. The van der Waals surface area contributed by atoms with E-state index in [9.17, 15) is 20.1 Å².